The zero-order chi connectivity index (χ0) is 20.9. The van der Waals surface area contributed by atoms with Crippen molar-refractivity contribution in [2.45, 2.75) is 19.0 Å². The van der Waals surface area contributed by atoms with Gasteiger partial charge < -0.3 is 24.4 Å². The van der Waals surface area contributed by atoms with Gasteiger partial charge in [-0.2, -0.15) is 13.2 Å². The van der Waals surface area contributed by atoms with Crippen LogP contribution in [0.25, 0.3) is 0 Å². The van der Waals surface area contributed by atoms with E-state index in [1.807, 2.05) is 4.90 Å². The van der Waals surface area contributed by atoms with E-state index in [2.05, 4.69) is 5.32 Å². The lowest BCUT2D eigenvalue weighted by Gasteiger charge is -2.31. The molecule has 1 amide bonds. The molecule has 160 valence electrons. The third-order valence-electron chi connectivity index (χ3n) is 4.85. The molecule has 2 aliphatic rings. The SMILES string of the molecule is O=C(COC(=O)C1CCOCC1)Nc1cc(C(F)(F)F)ccc1N1CCOCC1. The molecule has 29 heavy (non-hydrogen) atoms. The van der Waals surface area contributed by atoms with Crippen molar-refractivity contribution in [1.82, 2.24) is 0 Å². The Bertz CT molecular complexity index is 729. The molecule has 1 aromatic rings. The monoisotopic (exact) mass is 416 g/mol. The van der Waals surface area contributed by atoms with Gasteiger partial charge in [0.2, 0.25) is 0 Å². The minimum Gasteiger partial charge on any atom is -0.455 e. The predicted molar refractivity (Wildman–Crippen MR) is 97.6 cm³/mol. The van der Waals surface area contributed by atoms with E-state index >= 15 is 0 Å². The highest BCUT2D eigenvalue weighted by molar-refractivity contribution is 5.96. The Morgan fingerprint density at radius 2 is 1.76 bits per heavy atom. The molecule has 0 aromatic heterocycles. The van der Waals surface area contributed by atoms with Crippen molar-refractivity contribution in [3.63, 3.8) is 0 Å². The molecule has 0 radical (unpaired) electrons. The number of alkyl halides is 3. The maximum Gasteiger partial charge on any atom is 0.416 e. The van der Waals surface area contributed by atoms with Gasteiger partial charge in [0.1, 0.15) is 0 Å². The highest BCUT2D eigenvalue weighted by atomic mass is 19.4. The molecule has 0 atom stereocenters. The molecule has 3 rings (SSSR count). The first-order valence-corrected chi connectivity index (χ1v) is 9.43. The van der Waals surface area contributed by atoms with Crippen molar-refractivity contribution >= 4 is 23.3 Å². The van der Waals surface area contributed by atoms with Gasteiger partial charge in [0, 0.05) is 26.3 Å². The Labute approximate surface area is 166 Å². The highest BCUT2D eigenvalue weighted by Gasteiger charge is 2.32. The number of nitrogens with zero attached hydrogens (tertiary/aromatic N) is 1. The van der Waals surface area contributed by atoms with Crippen LogP contribution in [0.1, 0.15) is 18.4 Å². The van der Waals surface area contributed by atoms with Gasteiger partial charge >= 0.3 is 12.1 Å². The maximum absolute atomic E-state index is 13.1. The molecule has 2 saturated heterocycles. The molecule has 10 heteroatoms. The van der Waals surface area contributed by atoms with E-state index in [-0.39, 0.29) is 11.6 Å². The van der Waals surface area contributed by atoms with Crippen molar-refractivity contribution in [2.24, 2.45) is 5.92 Å². The molecule has 0 bridgehead atoms. The normalized spacial score (nSPS) is 18.4. The van der Waals surface area contributed by atoms with Gasteiger partial charge in [-0.1, -0.05) is 0 Å². The summed E-state index contributed by atoms with van der Waals surface area (Å²) in [6.07, 6.45) is -3.50. The van der Waals surface area contributed by atoms with Crippen LogP contribution in [0.4, 0.5) is 24.5 Å². The first-order valence-electron chi connectivity index (χ1n) is 9.43. The van der Waals surface area contributed by atoms with Crippen molar-refractivity contribution < 1.29 is 37.0 Å². The number of esters is 1. The third kappa shape index (κ3) is 5.83. The summed E-state index contributed by atoms with van der Waals surface area (Å²) >= 11 is 0. The second-order valence-electron chi connectivity index (χ2n) is 6.87. The van der Waals surface area contributed by atoms with Crippen molar-refractivity contribution in [1.29, 1.82) is 0 Å². The fourth-order valence-electron chi connectivity index (χ4n) is 3.27. The van der Waals surface area contributed by atoms with E-state index in [9.17, 15) is 22.8 Å². The number of ether oxygens (including phenoxy) is 3. The summed E-state index contributed by atoms with van der Waals surface area (Å²) < 4.78 is 54.8. The number of amides is 1. The lowest BCUT2D eigenvalue weighted by molar-refractivity contribution is -0.154. The predicted octanol–water partition coefficient (Wildman–Crippen LogP) is 2.45. The van der Waals surface area contributed by atoms with E-state index in [1.54, 1.807) is 0 Å². The van der Waals surface area contributed by atoms with Crippen LogP contribution in [0.15, 0.2) is 18.2 Å². The minimum atomic E-state index is -4.54. The molecule has 2 heterocycles. The Balaban J connectivity index is 1.68. The van der Waals surface area contributed by atoms with Crippen LogP contribution in [0.2, 0.25) is 0 Å². The molecule has 1 N–H and O–H groups in total. The van der Waals surface area contributed by atoms with Crippen molar-refractivity contribution in [2.75, 3.05) is 56.3 Å². The summed E-state index contributed by atoms with van der Waals surface area (Å²) in [5, 5.41) is 2.46. The zero-order valence-corrected chi connectivity index (χ0v) is 15.8. The number of nitrogens with one attached hydrogen (secondary N) is 1. The van der Waals surface area contributed by atoms with Crippen LogP contribution in [0, 0.1) is 5.92 Å². The van der Waals surface area contributed by atoms with Crippen LogP contribution in [0.3, 0.4) is 0 Å². The van der Waals surface area contributed by atoms with Gasteiger partial charge in [0.25, 0.3) is 5.91 Å². The molecular weight excluding hydrogens is 393 g/mol. The minimum absolute atomic E-state index is 0.0221. The van der Waals surface area contributed by atoms with E-state index in [1.165, 1.54) is 6.07 Å². The number of halogens is 3. The smallest absolute Gasteiger partial charge is 0.416 e. The maximum atomic E-state index is 13.1. The Morgan fingerprint density at radius 3 is 2.41 bits per heavy atom. The number of carbonyl (C=O) groups is 2. The van der Waals surface area contributed by atoms with Crippen LogP contribution >= 0.6 is 0 Å². The van der Waals surface area contributed by atoms with Gasteiger partial charge in [0.15, 0.2) is 6.61 Å². The average molecular weight is 416 g/mol. The highest BCUT2D eigenvalue weighted by Crippen LogP contribution is 2.35. The van der Waals surface area contributed by atoms with Crippen LogP contribution < -0.4 is 10.2 Å². The number of benzene rings is 1. The average Bonchev–Trinajstić information content (AvgIpc) is 2.72. The number of carbonyl (C=O) groups excluding carboxylic acids is 2. The number of rotatable bonds is 5. The lowest BCUT2D eigenvalue weighted by Crippen LogP contribution is -2.37. The summed E-state index contributed by atoms with van der Waals surface area (Å²) in [6.45, 7) is 2.22. The van der Waals surface area contributed by atoms with E-state index in [0.717, 1.165) is 12.1 Å². The summed E-state index contributed by atoms with van der Waals surface area (Å²) in [5.41, 5.74) is -0.386. The fraction of sp³-hybridized carbons (Fsp3) is 0.579. The van der Waals surface area contributed by atoms with Crippen molar-refractivity contribution in [3.8, 4) is 0 Å². The van der Waals surface area contributed by atoms with Gasteiger partial charge in [-0.05, 0) is 31.0 Å². The standard InChI is InChI=1S/C19H23F3N2O5/c20-19(21,22)14-1-2-16(24-5-9-28-10-6-24)15(11-14)23-17(25)12-29-18(26)13-3-7-27-8-4-13/h1-2,11,13H,3-10,12H2,(H,23,25). The summed E-state index contributed by atoms with van der Waals surface area (Å²) in [7, 11) is 0. The molecule has 7 nitrogen and oxygen atoms in total. The first-order chi connectivity index (χ1) is 13.8. The molecule has 0 spiro atoms. The zero-order valence-electron chi connectivity index (χ0n) is 15.8. The van der Waals surface area contributed by atoms with Crippen molar-refractivity contribution in [3.05, 3.63) is 23.8 Å². The second kappa shape index (κ2) is 9.45. The van der Waals surface area contributed by atoms with E-state index in [0.29, 0.717) is 58.0 Å². The number of hydrogen-bond donors (Lipinski definition) is 1. The number of morpholine rings is 1. The fourth-order valence-corrected chi connectivity index (χ4v) is 3.27. The molecule has 0 saturated carbocycles. The molecule has 2 fully saturated rings. The second-order valence-corrected chi connectivity index (χ2v) is 6.87. The molecule has 2 aliphatic heterocycles. The number of anilines is 2. The Hall–Kier alpha value is -2.33. The summed E-state index contributed by atoms with van der Waals surface area (Å²) in [6, 6.07) is 3.20. The van der Waals surface area contributed by atoms with Gasteiger partial charge in [-0.3, -0.25) is 9.59 Å². The molecule has 1 aromatic carbocycles. The van der Waals surface area contributed by atoms with Gasteiger partial charge in [0.05, 0.1) is 36.1 Å². The molecular formula is C19H23F3N2O5. The first kappa shape index (κ1) is 21.4. The molecule has 0 unspecified atom stereocenters. The lowest BCUT2D eigenvalue weighted by atomic mass is 10.0. The number of hydrogen-bond acceptors (Lipinski definition) is 6. The van der Waals surface area contributed by atoms with Crippen LogP contribution in [-0.2, 0) is 30.0 Å². The molecule has 0 aliphatic carbocycles. The quantitative estimate of drug-likeness (QED) is 0.744. The van der Waals surface area contributed by atoms with Crippen LogP contribution in [-0.4, -0.2) is 58.0 Å². The van der Waals surface area contributed by atoms with E-state index < -0.39 is 30.2 Å². The largest absolute Gasteiger partial charge is 0.455 e. The third-order valence-corrected chi connectivity index (χ3v) is 4.85. The Kier molecular flexibility index (Phi) is 6.96. The van der Waals surface area contributed by atoms with Gasteiger partial charge in [-0.25, -0.2) is 0 Å². The summed E-state index contributed by atoms with van der Waals surface area (Å²) in [4.78, 5) is 26.1. The van der Waals surface area contributed by atoms with Crippen LogP contribution in [0.5, 0.6) is 0 Å². The topological polar surface area (TPSA) is 77.1 Å². The van der Waals surface area contributed by atoms with E-state index in [4.69, 9.17) is 14.2 Å². The Morgan fingerprint density at radius 1 is 1.10 bits per heavy atom. The summed E-state index contributed by atoms with van der Waals surface area (Å²) in [5.74, 6) is -1.52. The van der Waals surface area contributed by atoms with Gasteiger partial charge in [-0.15, -0.1) is 0 Å².